The van der Waals surface area contributed by atoms with Crippen LogP contribution in [0.4, 0.5) is 0 Å². The smallest absolute Gasteiger partial charge is 0.325 e. The molecule has 0 aliphatic rings. The average molecular weight is 261 g/mol. The molecular formula is C14H15NO4. The van der Waals surface area contributed by atoms with E-state index >= 15 is 0 Å². The standard InChI is InChI=1S/C14H15NO4/c1-9-4-5-11-10(6-9)7-12(19-11)14(17)15(2)8-13(16)18-3/h4-7H,8H2,1-3H3. The van der Waals surface area contributed by atoms with E-state index in [1.54, 1.807) is 6.07 Å². The lowest BCUT2D eigenvalue weighted by atomic mass is 10.2. The summed E-state index contributed by atoms with van der Waals surface area (Å²) >= 11 is 0. The molecule has 5 heteroatoms. The molecule has 0 atom stereocenters. The van der Waals surface area contributed by atoms with Gasteiger partial charge in [0.05, 0.1) is 7.11 Å². The molecule has 0 aliphatic carbocycles. The summed E-state index contributed by atoms with van der Waals surface area (Å²) in [5.41, 5.74) is 1.75. The summed E-state index contributed by atoms with van der Waals surface area (Å²) in [6.07, 6.45) is 0. The lowest BCUT2D eigenvalue weighted by molar-refractivity contribution is -0.141. The monoisotopic (exact) mass is 261 g/mol. The Morgan fingerprint density at radius 2 is 2.05 bits per heavy atom. The van der Waals surface area contributed by atoms with Crippen LogP contribution < -0.4 is 0 Å². The summed E-state index contributed by atoms with van der Waals surface area (Å²) in [5, 5.41) is 0.870. The van der Waals surface area contributed by atoms with E-state index in [1.807, 2.05) is 25.1 Å². The minimum atomic E-state index is -0.470. The van der Waals surface area contributed by atoms with Crippen LogP contribution in [0.15, 0.2) is 28.7 Å². The van der Waals surface area contributed by atoms with Gasteiger partial charge in [-0.3, -0.25) is 9.59 Å². The maximum atomic E-state index is 12.1. The molecular weight excluding hydrogens is 246 g/mol. The van der Waals surface area contributed by atoms with Crippen molar-refractivity contribution in [3.05, 3.63) is 35.6 Å². The first kappa shape index (κ1) is 13.1. The predicted molar refractivity (Wildman–Crippen MR) is 69.9 cm³/mol. The van der Waals surface area contributed by atoms with E-state index in [4.69, 9.17) is 4.42 Å². The van der Waals surface area contributed by atoms with Gasteiger partial charge in [0, 0.05) is 12.4 Å². The van der Waals surface area contributed by atoms with Crippen molar-refractivity contribution in [1.82, 2.24) is 4.90 Å². The van der Waals surface area contributed by atoms with Crippen LogP contribution in [-0.2, 0) is 9.53 Å². The Kier molecular flexibility index (Phi) is 3.55. The second-order valence-electron chi connectivity index (χ2n) is 4.39. The maximum absolute atomic E-state index is 12.1. The van der Waals surface area contributed by atoms with E-state index in [9.17, 15) is 9.59 Å². The van der Waals surface area contributed by atoms with Crippen LogP contribution >= 0.6 is 0 Å². The number of furan rings is 1. The van der Waals surface area contributed by atoms with Gasteiger partial charge in [0.15, 0.2) is 5.76 Å². The molecule has 19 heavy (non-hydrogen) atoms. The minimum Gasteiger partial charge on any atom is -0.468 e. The molecule has 0 radical (unpaired) electrons. The lowest BCUT2D eigenvalue weighted by Crippen LogP contribution is -2.32. The summed E-state index contributed by atoms with van der Waals surface area (Å²) in [6, 6.07) is 7.36. The Balaban J connectivity index is 2.23. The molecule has 0 unspecified atom stereocenters. The highest BCUT2D eigenvalue weighted by atomic mass is 16.5. The van der Waals surface area contributed by atoms with E-state index in [1.165, 1.54) is 19.1 Å². The van der Waals surface area contributed by atoms with Gasteiger partial charge in [-0.15, -0.1) is 0 Å². The van der Waals surface area contributed by atoms with Crippen molar-refractivity contribution in [2.75, 3.05) is 20.7 Å². The molecule has 0 fully saturated rings. The number of ether oxygens (including phenoxy) is 1. The van der Waals surface area contributed by atoms with Crippen molar-refractivity contribution in [1.29, 1.82) is 0 Å². The van der Waals surface area contributed by atoms with Crippen molar-refractivity contribution in [2.24, 2.45) is 0 Å². The number of hydrogen-bond acceptors (Lipinski definition) is 4. The van der Waals surface area contributed by atoms with Crippen LogP contribution in [0.25, 0.3) is 11.0 Å². The molecule has 100 valence electrons. The van der Waals surface area contributed by atoms with Gasteiger partial charge in [-0.05, 0) is 25.1 Å². The molecule has 1 amide bonds. The summed E-state index contributed by atoms with van der Waals surface area (Å²) in [4.78, 5) is 24.5. The highest BCUT2D eigenvalue weighted by Gasteiger charge is 2.19. The molecule has 0 saturated carbocycles. The topological polar surface area (TPSA) is 59.8 Å². The Morgan fingerprint density at radius 3 is 2.74 bits per heavy atom. The number of amides is 1. The van der Waals surface area contributed by atoms with Crippen LogP contribution in [0, 0.1) is 6.92 Å². The van der Waals surface area contributed by atoms with Gasteiger partial charge < -0.3 is 14.1 Å². The Bertz CT molecular complexity index is 629. The van der Waals surface area contributed by atoms with Gasteiger partial charge in [-0.1, -0.05) is 11.6 Å². The highest BCUT2D eigenvalue weighted by molar-refractivity contribution is 5.97. The summed E-state index contributed by atoms with van der Waals surface area (Å²) in [6.45, 7) is 1.86. The fourth-order valence-corrected chi connectivity index (χ4v) is 1.79. The van der Waals surface area contributed by atoms with E-state index in [0.29, 0.717) is 5.58 Å². The molecule has 0 saturated heterocycles. The van der Waals surface area contributed by atoms with E-state index < -0.39 is 5.97 Å². The van der Waals surface area contributed by atoms with Gasteiger partial charge in [0.2, 0.25) is 0 Å². The highest BCUT2D eigenvalue weighted by Crippen LogP contribution is 2.21. The fraction of sp³-hybridized carbons (Fsp3) is 0.286. The summed E-state index contributed by atoms with van der Waals surface area (Å²) in [7, 11) is 2.81. The van der Waals surface area contributed by atoms with Gasteiger partial charge in [-0.25, -0.2) is 0 Å². The van der Waals surface area contributed by atoms with E-state index in [2.05, 4.69) is 4.74 Å². The largest absolute Gasteiger partial charge is 0.468 e. The predicted octanol–water partition coefficient (Wildman–Crippen LogP) is 1.99. The quantitative estimate of drug-likeness (QED) is 0.793. The van der Waals surface area contributed by atoms with Gasteiger partial charge in [0.1, 0.15) is 12.1 Å². The Morgan fingerprint density at radius 1 is 1.32 bits per heavy atom. The van der Waals surface area contributed by atoms with E-state index in [0.717, 1.165) is 10.9 Å². The van der Waals surface area contributed by atoms with Crippen LogP contribution in [-0.4, -0.2) is 37.5 Å². The summed E-state index contributed by atoms with van der Waals surface area (Å²) < 4.78 is 10.00. The summed E-state index contributed by atoms with van der Waals surface area (Å²) in [5.74, 6) is -0.603. The third kappa shape index (κ3) is 2.76. The van der Waals surface area contributed by atoms with Crippen molar-refractivity contribution in [3.63, 3.8) is 0 Å². The number of aryl methyl sites for hydroxylation is 1. The molecule has 1 aromatic carbocycles. The number of benzene rings is 1. The zero-order valence-electron chi connectivity index (χ0n) is 11.1. The Hall–Kier alpha value is -2.30. The normalized spacial score (nSPS) is 10.5. The first-order valence-corrected chi connectivity index (χ1v) is 5.83. The number of fused-ring (bicyclic) bond motifs is 1. The van der Waals surface area contributed by atoms with Gasteiger partial charge >= 0.3 is 5.97 Å². The zero-order chi connectivity index (χ0) is 14.0. The number of likely N-dealkylation sites (N-methyl/N-ethyl adjacent to an activating group) is 1. The number of nitrogens with zero attached hydrogens (tertiary/aromatic N) is 1. The van der Waals surface area contributed by atoms with Gasteiger partial charge in [0.25, 0.3) is 5.91 Å². The molecule has 2 aromatic rings. The number of hydrogen-bond donors (Lipinski definition) is 0. The van der Waals surface area contributed by atoms with Crippen molar-refractivity contribution in [3.8, 4) is 0 Å². The fourth-order valence-electron chi connectivity index (χ4n) is 1.79. The zero-order valence-corrected chi connectivity index (χ0v) is 11.1. The molecule has 0 N–H and O–H groups in total. The number of carbonyl (C=O) groups excluding carboxylic acids is 2. The molecule has 1 heterocycles. The van der Waals surface area contributed by atoms with E-state index in [-0.39, 0.29) is 18.2 Å². The number of methoxy groups -OCH3 is 1. The average Bonchev–Trinajstić information content (AvgIpc) is 2.80. The molecule has 0 bridgehead atoms. The van der Waals surface area contributed by atoms with Crippen molar-refractivity contribution < 1.29 is 18.7 Å². The maximum Gasteiger partial charge on any atom is 0.325 e. The number of esters is 1. The number of carbonyl (C=O) groups is 2. The van der Waals surface area contributed by atoms with Crippen LogP contribution in [0.5, 0.6) is 0 Å². The Labute approximate surface area is 110 Å². The second kappa shape index (κ2) is 5.14. The van der Waals surface area contributed by atoms with Crippen molar-refractivity contribution >= 4 is 22.8 Å². The molecule has 1 aromatic heterocycles. The molecule has 0 spiro atoms. The van der Waals surface area contributed by atoms with Crippen LogP contribution in [0.1, 0.15) is 16.1 Å². The lowest BCUT2D eigenvalue weighted by Gasteiger charge is -2.13. The third-order valence-electron chi connectivity index (χ3n) is 2.82. The van der Waals surface area contributed by atoms with Gasteiger partial charge in [-0.2, -0.15) is 0 Å². The second-order valence-corrected chi connectivity index (χ2v) is 4.39. The minimum absolute atomic E-state index is 0.106. The molecule has 2 rings (SSSR count). The third-order valence-corrected chi connectivity index (χ3v) is 2.82. The first-order chi connectivity index (χ1) is 9.01. The SMILES string of the molecule is COC(=O)CN(C)C(=O)c1cc2cc(C)ccc2o1. The van der Waals surface area contributed by atoms with Crippen molar-refractivity contribution in [2.45, 2.75) is 6.92 Å². The molecule has 5 nitrogen and oxygen atoms in total. The number of rotatable bonds is 3. The van der Waals surface area contributed by atoms with Crippen LogP contribution in [0.2, 0.25) is 0 Å². The molecule has 0 aliphatic heterocycles. The van der Waals surface area contributed by atoms with Crippen LogP contribution in [0.3, 0.4) is 0 Å². The first-order valence-electron chi connectivity index (χ1n) is 5.83.